The molecule has 2 aromatic carbocycles. The molecule has 136 valence electrons. The summed E-state index contributed by atoms with van der Waals surface area (Å²) < 4.78 is 17.7. The Morgan fingerprint density at radius 3 is 1.96 bits per heavy atom. The highest BCUT2D eigenvalue weighted by atomic mass is 127. The van der Waals surface area contributed by atoms with E-state index in [1.807, 2.05) is 48.5 Å². The molecule has 0 fully saturated rings. The van der Waals surface area contributed by atoms with Crippen LogP contribution in [0.15, 0.2) is 59.0 Å². The molecule has 0 aliphatic rings. The lowest BCUT2D eigenvalue weighted by molar-refractivity contribution is 0.414. The van der Waals surface area contributed by atoms with Crippen molar-refractivity contribution in [2.75, 3.05) is 14.2 Å². The first-order chi connectivity index (χ1) is 13.1. The van der Waals surface area contributed by atoms with Crippen LogP contribution in [0.5, 0.6) is 11.5 Å². The van der Waals surface area contributed by atoms with Crippen LogP contribution in [-0.2, 0) is 0 Å². The quantitative estimate of drug-likeness (QED) is 0.338. The van der Waals surface area contributed by atoms with Crippen LogP contribution in [0, 0.1) is 10.5 Å². The van der Waals surface area contributed by atoms with E-state index < -0.39 is 0 Å². The smallest absolute Gasteiger partial charge is 0.157 e. The molecule has 0 saturated carbocycles. The molecule has 0 radical (unpaired) electrons. The van der Waals surface area contributed by atoms with Gasteiger partial charge < -0.3 is 13.9 Å². The second kappa shape index (κ2) is 7.23. The Kier molecular flexibility index (Phi) is 4.78. The number of fused-ring (bicyclic) bond motifs is 1. The third-order valence-electron chi connectivity index (χ3n) is 4.51. The van der Waals surface area contributed by atoms with Crippen molar-refractivity contribution in [1.82, 2.24) is 4.98 Å². The second-order valence-corrected chi connectivity index (χ2v) is 7.28. The molecule has 0 spiro atoms. The number of benzene rings is 2. The van der Waals surface area contributed by atoms with Gasteiger partial charge in [-0.2, -0.15) is 0 Å². The highest BCUT2D eigenvalue weighted by Gasteiger charge is 2.18. The van der Waals surface area contributed by atoms with Crippen LogP contribution in [0.3, 0.4) is 0 Å². The molecule has 0 amide bonds. The maximum Gasteiger partial charge on any atom is 0.157 e. The summed E-state index contributed by atoms with van der Waals surface area (Å²) in [4.78, 5) is 4.87. The molecule has 0 N–H and O–H groups in total. The summed E-state index contributed by atoms with van der Waals surface area (Å²) in [7, 11) is 3.33. The first kappa shape index (κ1) is 17.9. The first-order valence-corrected chi connectivity index (χ1v) is 9.57. The Hall–Kier alpha value is -2.54. The van der Waals surface area contributed by atoms with Gasteiger partial charge in [-0.05, 0) is 89.7 Å². The number of aromatic nitrogens is 1. The Labute approximate surface area is 171 Å². The number of halogens is 1. The molecule has 4 rings (SSSR count). The Morgan fingerprint density at radius 2 is 1.41 bits per heavy atom. The Balaban J connectivity index is 1.83. The van der Waals surface area contributed by atoms with E-state index in [0.717, 1.165) is 54.3 Å². The second-order valence-electron chi connectivity index (χ2n) is 6.20. The minimum atomic E-state index is 0.820. The third kappa shape index (κ3) is 3.27. The Bertz CT molecular complexity index is 1100. The fourth-order valence-electron chi connectivity index (χ4n) is 3.03. The van der Waals surface area contributed by atoms with Crippen molar-refractivity contribution >= 4 is 33.7 Å². The Morgan fingerprint density at radius 1 is 0.852 bits per heavy atom. The molecule has 27 heavy (non-hydrogen) atoms. The molecule has 0 atom stereocenters. The van der Waals surface area contributed by atoms with Crippen LogP contribution in [0.4, 0.5) is 0 Å². The number of methoxy groups -OCH3 is 2. The maximum atomic E-state index is 6.19. The summed E-state index contributed by atoms with van der Waals surface area (Å²) in [5.41, 5.74) is 5.73. The van der Waals surface area contributed by atoms with Crippen LogP contribution < -0.4 is 9.47 Å². The zero-order valence-electron chi connectivity index (χ0n) is 15.2. The minimum absolute atomic E-state index is 0.820. The fraction of sp³-hybridized carbons (Fsp3) is 0.136. The van der Waals surface area contributed by atoms with Gasteiger partial charge in [-0.3, -0.25) is 0 Å². The average molecular weight is 471 g/mol. The third-order valence-corrected chi connectivity index (χ3v) is 5.51. The number of nitrogens with zero attached hydrogens (tertiary/aromatic N) is 1. The van der Waals surface area contributed by atoms with Crippen molar-refractivity contribution in [2.45, 2.75) is 6.92 Å². The van der Waals surface area contributed by atoms with Crippen LogP contribution in [-0.4, -0.2) is 19.2 Å². The van der Waals surface area contributed by atoms with Crippen molar-refractivity contribution in [3.05, 3.63) is 63.7 Å². The van der Waals surface area contributed by atoms with E-state index in [4.69, 9.17) is 18.9 Å². The van der Waals surface area contributed by atoms with E-state index in [2.05, 4.69) is 35.6 Å². The molecule has 4 aromatic rings. The predicted octanol–water partition coefficient (Wildman–Crippen LogP) is 6.09. The van der Waals surface area contributed by atoms with Crippen LogP contribution >= 0.6 is 22.6 Å². The van der Waals surface area contributed by atoms with Gasteiger partial charge in [0.25, 0.3) is 0 Å². The SMILES string of the molecule is COc1ccc(-c2cc(C)c3oc(-c4ccc(OC)cc4)c(I)c3n2)cc1. The summed E-state index contributed by atoms with van der Waals surface area (Å²) in [5, 5.41) is 0. The van der Waals surface area contributed by atoms with E-state index in [0.29, 0.717) is 0 Å². The van der Waals surface area contributed by atoms with Crippen LogP contribution in [0.1, 0.15) is 5.56 Å². The van der Waals surface area contributed by atoms with E-state index in [-0.39, 0.29) is 0 Å². The molecule has 0 unspecified atom stereocenters. The van der Waals surface area contributed by atoms with Crippen molar-refractivity contribution in [1.29, 1.82) is 0 Å². The molecule has 0 bridgehead atoms. The van der Waals surface area contributed by atoms with Crippen LogP contribution in [0.2, 0.25) is 0 Å². The summed E-state index contributed by atoms with van der Waals surface area (Å²) >= 11 is 2.31. The topological polar surface area (TPSA) is 44.5 Å². The molecule has 4 nitrogen and oxygen atoms in total. The highest BCUT2D eigenvalue weighted by Crippen LogP contribution is 2.37. The first-order valence-electron chi connectivity index (χ1n) is 8.49. The van der Waals surface area contributed by atoms with Gasteiger partial charge in [0.05, 0.1) is 23.5 Å². The fourth-order valence-corrected chi connectivity index (χ4v) is 3.82. The number of pyridine rings is 1. The predicted molar refractivity (Wildman–Crippen MR) is 115 cm³/mol. The summed E-state index contributed by atoms with van der Waals surface area (Å²) in [5.74, 6) is 2.48. The number of hydrogen-bond donors (Lipinski definition) is 0. The number of rotatable bonds is 4. The monoisotopic (exact) mass is 471 g/mol. The summed E-state index contributed by atoms with van der Waals surface area (Å²) in [6.07, 6.45) is 0. The molecule has 0 aliphatic heterocycles. The van der Waals surface area contributed by atoms with E-state index in [9.17, 15) is 0 Å². The van der Waals surface area contributed by atoms with Gasteiger partial charge in [0.1, 0.15) is 22.8 Å². The molecule has 0 saturated heterocycles. The summed E-state index contributed by atoms with van der Waals surface area (Å²) in [6, 6.07) is 17.8. The van der Waals surface area contributed by atoms with Gasteiger partial charge in [-0.25, -0.2) is 4.98 Å². The lowest BCUT2D eigenvalue weighted by Gasteiger charge is -2.05. The number of aryl methyl sites for hydroxylation is 1. The van der Waals surface area contributed by atoms with Gasteiger partial charge in [0.2, 0.25) is 0 Å². The van der Waals surface area contributed by atoms with E-state index in [1.54, 1.807) is 14.2 Å². The molecule has 2 aromatic heterocycles. The number of ether oxygens (including phenoxy) is 2. The van der Waals surface area contributed by atoms with Crippen LogP contribution in [0.25, 0.3) is 33.7 Å². The van der Waals surface area contributed by atoms with Crippen molar-refractivity contribution < 1.29 is 13.9 Å². The van der Waals surface area contributed by atoms with Gasteiger partial charge in [0, 0.05) is 11.1 Å². The van der Waals surface area contributed by atoms with Gasteiger partial charge in [-0.1, -0.05) is 0 Å². The zero-order valence-corrected chi connectivity index (χ0v) is 17.4. The molecule has 2 heterocycles. The standard InChI is InChI=1S/C22H18INO3/c1-13-12-18(14-4-8-16(25-2)9-5-14)24-20-19(23)22(27-21(13)20)15-6-10-17(26-3)11-7-15/h4-12H,1-3H3. The summed E-state index contributed by atoms with van der Waals surface area (Å²) in [6.45, 7) is 2.05. The van der Waals surface area contributed by atoms with E-state index >= 15 is 0 Å². The minimum Gasteiger partial charge on any atom is -0.497 e. The van der Waals surface area contributed by atoms with Crippen molar-refractivity contribution in [2.24, 2.45) is 0 Å². The van der Waals surface area contributed by atoms with Gasteiger partial charge in [-0.15, -0.1) is 0 Å². The zero-order chi connectivity index (χ0) is 19.0. The maximum absolute atomic E-state index is 6.19. The average Bonchev–Trinajstić information content (AvgIpc) is 3.05. The highest BCUT2D eigenvalue weighted by molar-refractivity contribution is 14.1. The molecular weight excluding hydrogens is 453 g/mol. The van der Waals surface area contributed by atoms with Gasteiger partial charge in [0.15, 0.2) is 5.58 Å². The number of furan rings is 1. The lowest BCUT2D eigenvalue weighted by Crippen LogP contribution is -1.88. The van der Waals surface area contributed by atoms with Gasteiger partial charge >= 0.3 is 0 Å². The molecular formula is C22H18INO3. The van der Waals surface area contributed by atoms with Crippen molar-refractivity contribution in [3.8, 4) is 34.1 Å². The van der Waals surface area contributed by atoms with Crippen molar-refractivity contribution in [3.63, 3.8) is 0 Å². The number of hydrogen-bond acceptors (Lipinski definition) is 4. The largest absolute Gasteiger partial charge is 0.497 e. The lowest BCUT2D eigenvalue weighted by atomic mass is 10.1. The molecule has 0 aliphatic carbocycles. The normalized spacial score (nSPS) is 11.0. The molecule has 5 heteroatoms. The van der Waals surface area contributed by atoms with E-state index in [1.165, 1.54) is 0 Å².